The first-order valence-electron chi connectivity index (χ1n) is 13.8. The topological polar surface area (TPSA) is 116 Å². The summed E-state index contributed by atoms with van der Waals surface area (Å²) in [6.07, 6.45) is 2.23. The number of hydrogen-bond donors (Lipinski definition) is 3. The second kappa shape index (κ2) is 9.92. The number of carbonyl (C=O) groups excluding carboxylic acids is 4. The summed E-state index contributed by atoms with van der Waals surface area (Å²) < 4.78 is 13.7. The van der Waals surface area contributed by atoms with E-state index in [1.807, 2.05) is 6.08 Å². The number of phenols is 1. The maximum atomic E-state index is 14.9. The molecule has 11 heteroatoms. The molecule has 3 N–H and O–H groups in total. The molecule has 6 atom stereocenters. The summed E-state index contributed by atoms with van der Waals surface area (Å²) >= 11 is 12.7. The Bertz CT molecular complexity index is 1740. The van der Waals surface area contributed by atoms with Gasteiger partial charge in [-0.3, -0.25) is 29.9 Å². The molecule has 2 aliphatic carbocycles. The first kappa shape index (κ1) is 27.6. The third-order valence-electron chi connectivity index (χ3n) is 9.40. The van der Waals surface area contributed by atoms with Crippen LogP contribution in [0.1, 0.15) is 29.9 Å². The number of allylic oxidation sites excluding steroid dienone is 2. The minimum Gasteiger partial charge on any atom is -0.508 e. The van der Waals surface area contributed by atoms with Crippen LogP contribution in [0.4, 0.5) is 10.1 Å². The number of imide groups is 2. The summed E-state index contributed by atoms with van der Waals surface area (Å²) in [6.45, 7) is 0. The summed E-state index contributed by atoms with van der Waals surface area (Å²) in [4.78, 5) is 55.1. The molecule has 0 aromatic heterocycles. The van der Waals surface area contributed by atoms with Crippen molar-refractivity contribution in [3.8, 4) is 5.75 Å². The smallest absolute Gasteiger partial charge is 0.260 e. The van der Waals surface area contributed by atoms with Gasteiger partial charge >= 0.3 is 0 Å². The number of nitrogens with one attached hydrogen (secondary N) is 2. The van der Waals surface area contributed by atoms with Crippen LogP contribution in [0.3, 0.4) is 0 Å². The minimum absolute atomic E-state index is 0.0975. The molecule has 0 bridgehead atoms. The first-order chi connectivity index (χ1) is 20.6. The largest absolute Gasteiger partial charge is 0.508 e. The van der Waals surface area contributed by atoms with Gasteiger partial charge in [0.15, 0.2) is 0 Å². The van der Waals surface area contributed by atoms with Gasteiger partial charge in [-0.25, -0.2) is 4.39 Å². The SMILES string of the molecule is O=C1NC(=O)C2C1CC=C1C2CC2C(=O)N(Nc3ccc(F)cc3)C(=O)C2(c2ccc(Cl)cc2)C1c1cc(Cl)ccc1O. The Hall–Kier alpha value is -4.21. The lowest BCUT2D eigenvalue weighted by Crippen LogP contribution is -2.53. The van der Waals surface area contributed by atoms with Crippen LogP contribution in [0.15, 0.2) is 78.4 Å². The van der Waals surface area contributed by atoms with Crippen LogP contribution in [0.5, 0.6) is 5.75 Å². The highest BCUT2D eigenvalue weighted by Gasteiger charge is 2.70. The second-order valence-electron chi connectivity index (χ2n) is 11.4. The fourth-order valence-corrected chi connectivity index (χ4v) is 7.97. The molecule has 43 heavy (non-hydrogen) atoms. The molecule has 6 unspecified atom stereocenters. The van der Waals surface area contributed by atoms with Crippen LogP contribution >= 0.6 is 23.2 Å². The van der Waals surface area contributed by atoms with Crippen LogP contribution in [0, 0.1) is 29.5 Å². The molecule has 218 valence electrons. The van der Waals surface area contributed by atoms with Crippen molar-refractivity contribution in [1.82, 2.24) is 10.3 Å². The number of hydrazine groups is 1. The van der Waals surface area contributed by atoms with Gasteiger partial charge < -0.3 is 5.11 Å². The fraction of sp³-hybridized carbons (Fsp3) is 0.250. The van der Waals surface area contributed by atoms with Crippen molar-refractivity contribution >= 4 is 52.5 Å². The van der Waals surface area contributed by atoms with Gasteiger partial charge in [0.05, 0.1) is 28.9 Å². The summed E-state index contributed by atoms with van der Waals surface area (Å²) in [7, 11) is 0. The third kappa shape index (κ3) is 4.02. The van der Waals surface area contributed by atoms with Crippen molar-refractivity contribution < 1.29 is 28.7 Å². The first-order valence-corrected chi connectivity index (χ1v) is 14.6. The molecule has 2 aliphatic heterocycles. The number of fused-ring (bicyclic) bond motifs is 4. The zero-order chi connectivity index (χ0) is 30.2. The molecule has 8 nitrogen and oxygen atoms in total. The lowest BCUT2D eigenvalue weighted by atomic mass is 9.49. The standard InChI is InChI=1S/C32H24Cl2FN3O5/c33-16-3-1-15(2-4-16)32-24(30(42)38(31(32)43)37-19-8-6-18(35)7-9-19)14-22-20(10-11-21-26(22)29(41)36-28(21)40)27(32)23-13-17(34)5-12-25(23)39/h1-10,12-13,21-22,24,26-27,37,39H,11,14H2,(H,36,40,41). The van der Waals surface area contributed by atoms with Crippen molar-refractivity contribution in [3.63, 3.8) is 0 Å². The molecule has 1 saturated carbocycles. The van der Waals surface area contributed by atoms with E-state index in [1.54, 1.807) is 30.3 Å². The number of anilines is 1. The highest BCUT2D eigenvalue weighted by Crippen LogP contribution is 2.64. The predicted molar refractivity (Wildman–Crippen MR) is 155 cm³/mol. The molecule has 3 fully saturated rings. The Kier molecular flexibility index (Phi) is 6.37. The normalized spacial score (nSPS) is 29.5. The fourth-order valence-electron chi connectivity index (χ4n) is 7.67. The average Bonchev–Trinajstić information content (AvgIpc) is 3.40. The van der Waals surface area contributed by atoms with Gasteiger partial charge in [0.25, 0.3) is 11.8 Å². The van der Waals surface area contributed by atoms with E-state index in [1.165, 1.54) is 36.4 Å². The van der Waals surface area contributed by atoms with Gasteiger partial charge in [0.1, 0.15) is 11.6 Å². The van der Waals surface area contributed by atoms with E-state index in [0.29, 0.717) is 32.4 Å². The van der Waals surface area contributed by atoms with Gasteiger partial charge in [-0.2, -0.15) is 5.01 Å². The van der Waals surface area contributed by atoms with Crippen LogP contribution in [0.25, 0.3) is 0 Å². The number of nitrogens with zero attached hydrogens (tertiary/aromatic N) is 1. The summed E-state index contributed by atoms with van der Waals surface area (Å²) in [5.41, 5.74) is 3.08. The monoisotopic (exact) mass is 619 g/mol. The number of hydrogen-bond acceptors (Lipinski definition) is 6. The van der Waals surface area contributed by atoms with Crippen molar-refractivity contribution in [2.24, 2.45) is 23.7 Å². The summed E-state index contributed by atoms with van der Waals surface area (Å²) in [6, 6.07) is 16.4. The van der Waals surface area contributed by atoms with Crippen LogP contribution in [-0.4, -0.2) is 33.7 Å². The lowest BCUT2D eigenvalue weighted by molar-refractivity contribution is -0.138. The molecule has 4 aliphatic rings. The molecule has 2 heterocycles. The number of carbonyl (C=O) groups is 4. The Morgan fingerprint density at radius 1 is 0.907 bits per heavy atom. The maximum absolute atomic E-state index is 14.9. The molecule has 7 rings (SSSR count). The molecule has 0 radical (unpaired) electrons. The van der Waals surface area contributed by atoms with Crippen molar-refractivity contribution in [1.29, 1.82) is 0 Å². The average molecular weight is 620 g/mol. The van der Waals surface area contributed by atoms with E-state index < -0.39 is 58.5 Å². The van der Waals surface area contributed by atoms with E-state index in [2.05, 4.69) is 10.7 Å². The highest BCUT2D eigenvalue weighted by molar-refractivity contribution is 6.31. The zero-order valence-corrected chi connectivity index (χ0v) is 23.9. The summed E-state index contributed by atoms with van der Waals surface area (Å²) in [5, 5.41) is 15.4. The molecule has 2 saturated heterocycles. The Morgan fingerprint density at radius 3 is 2.33 bits per heavy atom. The predicted octanol–water partition coefficient (Wildman–Crippen LogP) is 5.11. The number of amides is 4. The number of rotatable bonds is 4. The second-order valence-corrected chi connectivity index (χ2v) is 12.3. The van der Waals surface area contributed by atoms with Crippen LogP contribution in [-0.2, 0) is 24.6 Å². The quantitative estimate of drug-likeness (QED) is 0.276. The highest BCUT2D eigenvalue weighted by atomic mass is 35.5. The van der Waals surface area contributed by atoms with Gasteiger partial charge in [-0.05, 0) is 78.9 Å². The molecule has 3 aromatic rings. The molecule has 0 spiro atoms. The number of aromatic hydroxyl groups is 1. The zero-order valence-electron chi connectivity index (χ0n) is 22.4. The number of halogens is 3. The van der Waals surface area contributed by atoms with E-state index in [4.69, 9.17) is 23.2 Å². The number of phenolic OH excluding ortho intramolecular Hbond substituents is 1. The third-order valence-corrected chi connectivity index (χ3v) is 9.89. The van der Waals surface area contributed by atoms with Crippen molar-refractivity contribution in [2.75, 3.05) is 5.43 Å². The van der Waals surface area contributed by atoms with Crippen molar-refractivity contribution in [2.45, 2.75) is 24.2 Å². The number of benzene rings is 3. The summed E-state index contributed by atoms with van der Waals surface area (Å²) in [5.74, 6) is -6.40. The van der Waals surface area contributed by atoms with Gasteiger partial charge in [-0.1, -0.05) is 47.0 Å². The van der Waals surface area contributed by atoms with Gasteiger partial charge in [0, 0.05) is 21.5 Å². The van der Waals surface area contributed by atoms with E-state index in [-0.39, 0.29) is 24.5 Å². The minimum atomic E-state index is -1.59. The Labute approximate surface area is 255 Å². The maximum Gasteiger partial charge on any atom is 0.260 e. The van der Waals surface area contributed by atoms with E-state index >= 15 is 0 Å². The van der Waals surface area contributed by atoms with Gasteiger partial charge in [-0.15, -0.1) is 0 Å². The molecular weight excluding hydrogens is 596 g/mol. The van der Waals surface area contributed by atoms with E-state index in [9.17, 15) is 28.7 Å². The van der Waals surface area contributed by atoms with Crippen LogP contribution in [0.2, 0.25) is 10.0 Å². The Balaban J connectivity index is 1.49. The Morgan fingerprint density at radius 2 is 1.60 bits per heavy atom. The lowest BCUT2D eigenvalue weighted by Gasteiger charge is -2.50. The van der Waals surface area contributed by atoms with Crippen molar-refractivity contribution in [3.05, 3.63) is 105 Å². The molecular formula is C32H24Cl2FN3O5. The molecule has 4 amide bonds. The van der Waals surface area contributed by atoms with E-state index in [0.717, 1.165) is 5.01 Å². The molecule has 3 aromatic carbocycles. The van der Waals surface area contributed by atoms with Gasteiger partial charge in [0.2, 0.25) is 11.8 Å². The van der Waals surface area contributed by atoms with Crippen LogP contribution < -0.4 is 10.7 Å².